The summed E-state index contributed by atoms with van der Waals surface area (Å²) >= 11 is 0. The zero-order valence-corrected chi connectivity index (χ0v) is 6.63. The van der Waals surface area contributed by atoms with Crippen LogP contribution in [0.25, 0.3) is 0 Å². The molecule has 0 saturated carbocycles. The molecule has 2 heteroatoms. The zero-order chi connectivity index (χ0) is 7.98. The van der Waals surface area contributed by atoms with E-state index in [9.17, 15) is 4.79 Å². The molecule has 1 atom stereocenters. The fraction of sp³-hybridized carbons (Fsp3) is 0.625. The number of hydrogen-bond acceptors (Lipinski definition) is 1. The minimum Gasteiger partial charge on any atom is -0.366 e. The fourth-order valence-electron chi connectivity index (χ4n) is 0.811. The van der Waals surface area contributed by atoms with Crippen LogP contribution in [0, 0.1) is 5.92 Å². The molecule has 0 saturated heterocycles. The van der Waals surface area contributed by atoms with Crippen molar-refractivity contribution in [1.82, 2.24) is 0 Å². The molecule has 0 bridgehead atoms. The molecule has 1 unspecified atom stereocenters. The van der Waals surface area contributed by atoms with Crippen molar-refractivity contribution in [1.29, 1.82) is 0 Å². The predicted octanol–water partition coefficient (Wildman–Crippen LogP) is 1.46. The molecule has 0 aromatic carbocycles. The third-order valence-corrected chi connectivity index (χ3v) is 1.33. The number of nitrogens with two attached hydrogens (primary N) is 1. The summed E-state index contributed by atoms with van der Waals surface area (Å²) in [4.78, 5) is 10.2. The van der Waals surface area contributed by atoms with Crippen LogP contribution in [0.3, 0.4) is 0 Å². The molecule has 0 heterocycles. The highest BCUT2D eigenvalue weighted by atomic mass is 16.1. The van der Waals surface area contributed by atoms with Crippen molar-refractivity contribution in [2.45, 2.75) is 26.7 Å². The van der Waals surface area contributed by atoms with Crippen LogP contribution in [-0.2, 0) is 4.79 Å². The van der Waals surface area contributed by atoms with Crippen molar-refractivity contribution in [3.05, 3.63) is 12.2 Å². The van der Waals surface area contributed by atoms with E-state index in [0.29, 0.717) is 5.92 Å². The van der Waals surface area contributed by atoms with Crippen LogP contribution in [0.2, 0.25) is 0 Å². The van der Waals surface area contributed by atoms with Gasteiger partial charge in [-0.05, 0) is 18.4 Å². The smallest absolute Gasteiger partial charge is 0.241 e. The number of hydrogen-bond donors (Lipinski definition) is 1. The number of rotatable bonds is 4. The lowest BCUT2D eigenvalue weighted by atomic mass is 10.1. The SMILES string of the molecule is CCCC(C)C=CC(N)=O. The first kappa shape index (κ1) is 9.21. The van der Waals surface area contributed by atoms with E-state index in [1.165, 1.54) is 6.08 Å². The fourth-order valence-corrected chi connectivity index (χ4v) is 0.811. The summed E-state index contributed by atoms with van der Waals surface area (Å²) < 4.78 is 0. The summed E-state index contributed by atoms with van der Waals surface area (Å²) in [5.41, 5.74) is 4.91. The average molecular weight is 141 g/mol. The lowest BCUT2D eigenvalue weighted by Crippen LogP contribution is -2.06. The van der Waals surface area contributed by atoms with Gasteiger partial charge in [0.25, 0.3) is 0 Å². The number of allylic oxidation sites excluding steroid dienone is 1. The van der Waals surface area contributed by atoms with Crippen molar-refractivity contribution in [2.24, 2.45) is 11.7 Å². The Morgan fingerprint density at radius 1 is 1.70 bits per heavy atom. The Morgan fingerprint density at radius 2 is 2.30 bits per heavy atom. The highest BCUT2D eigenvalue weighted by Crippen LogP contribution is 2.05. The standard InChI is InChI=1S/C8H15NO/c1-3-4-7(2)5-6-8(9)10/h5-7H,3-4H2,1-2H3,(H2,9,10). The molecule has 0 rings (SSSR count). The predicted molar refractivity (Wildman–Crippen MR) is 42.4 cm³/mol. The van der Waals surface area contributed by atoms with Gasteiger partial charge in [-0.25, -0.2) is 0 Å². The maximum Gasteiger partial charge on any atom is 0.241 e. The van der Waals surface area contributed by atoms with Crippen LogP contribution < -0.4 is 5.73 Å². The highest BCUT2D eigenvalue weighted by Gasteiger charge is 1.93. The first-order chi connectivity index (χ1) is 4.66. The maximum atomic E-state index is 10.2. The molecule has 0 aromatic heterocycles. The minimum absolute atomic E-state index is 0.358. The lowest BCUT2D eigenvalue weighted by Gasteiger charge is -2.00. The van der Waals surface area contributed by atoms with Crippen LogP contribution >= 0.6 is 0 Å². The molecular formula is C8H15NO. The third-order valence-electron chi connectivity index (χ3n) is 1.33. The molecule has 58 valence electrons. The Hall–Kier alpha value is -0.790. The molecule has 2 N–H and O–H groups in total. The molecular weight excluding hydrogens is 126 g/mol. The third kappa shape index (κ3) is 5.35. The van der Waals surface area contributed by atoms with Crippen molar-refractivity contribution in [3.63, 3.8) is 0 Å². The summed E-state index contributed by atoms with van der Waals surface area (Å²) in [6.07, 6.45) is 5.54. The number of carbonyl (C=O) groups excluding carboxylic acids is 1. The van der Waals surface area contributed by atoms with Gasteiger partial charge in [-0.2, -0.15) is 0 Å². The zero-order valence-electron chi connectivity index (χ0n) is 6.63. The van der Waals surface area contributed by atoms with E-state index in [0.717, 1.165) is 12.8 Å². The van der Waals surface area contributed by atoms with Gasteiger partial charge < -0.3 is 5.73 Å². The van der Waals surface area contributed by atoms with Crippen LogP contribution in [0.1, 0.15) is 26.7 Å². The van der Waals surface area contributed by atoms with Gasteiger partial charge in [0, 0.05) is 0 Å². The van der Waals surface area contributed by atoms with E-state index in [-0.39, 0.29) is 5.91 Å². The molecule has 0 spiro atoms. The topological polar surface area (TPSA) is 43.1 Å². The van der Waals surface area contributed by atoms with Crippen molar-refractivity contribution in [2.75, 3.05) is 0 Å². The van der Waals surface area contributed by atoms with E-state index in [1.807, 2.05) is 6.08 Å². The van der Waals surface area contributed by atoms with Crippen LogP contribution in [0.15, 0.2) is 12.2 Å². The van der Waals surface area contributed by atoms with Gasteiger partial charge in [0.2, 0.25) is 5.91 Å². The van der Waals surface area contributed by atoms with Crippen LogP contribution in [0.4, 0.5) is 0 Å². The van der Waals surface area contributed by atoms with Gasteiger partial charge in [0.15, 0.2) is 0 Å². The molecule has 0 aliphatic carbocycles. The Balaban J connectivity index is 3.55. The Morgan fingerprint density at radius 3 is 2.70 bits per heavy atom. The first-order valence-corrected chi connectivity index (χ1v) is 3.64. The van der Waals surface area contributed by atoms with Gasteiger partial charge in [0.05, 0.1) is 0 Å². The maximum absolute atomic E-state index is 10.2. The van der Waals surface area contributed by atoms with Crippen LogP contribution in [0.5, 0.6) is 0 Å². The van der Waals surface area contributed by atoms with E-state index >= 15 is 0 Å². The normalized spacial score (nSPS) is 13.8. The quantitative estimate of drug-likeness (QED) is 0.592. The van der Waals surface area contributed by atoms with Crippen molar-refractivity contribution < 1.29 is 4.79 Å². The first-order valence-electron chi connectivity index (χ1n) is 3.64. The summed E-state index contributed by atoms with van der Waals surface area (Å²) in [6.45, 7) is 4.19. The minimum atomic E-state index is -0.358. The molecule has 0 aromatic rings. The second-order valence-electron chi connectivity index (χ2n) is 2.53. The van der Waals surface area contributed by atoms with E-state index in [1.54, 1.807) is 0 Å². The van der Waals surface area contributed by atoms with E-state index < -0.39 is 0 Å². The monoisotopic (exact) mass is 141 g/mol. The van der Waals surface area contributed by atoms with Crippen molar-refractivity contribution >= 4 is 5.91 Å². The largest absolute Gasteiger partial charge is 0.366 e. The van der Waals surface area contributed by atoms with E-state index in [4.69, 9.17) is 5.73 Å². The Labute approximate surface area is 62.1 Å². The molecule has 0 aliphatic rings. The second-order valence-corrected chi connectivity index (χ2v) is 2.53. The van der Waals surface area contributed by atoms with Gasteiger partial charge in [-0.15, -0.1) is 0 Å². The van der Waals surface area contributed by atoms with Crippen molar-refractivity contribution in [3.8, 4) is 0 Å². The van der Waals surface area contributed by atoms with E-state index in [2.05, 4.69) is 13.8 Å². The molecule has 2 nitrogen and oxygen atoms in total. The number of amides is 1. The lowest BCUT2D eigenvalue weighted by molar-refractivity contribution is -0.113. The average Bonchev–Trinajstić information content (AvgIpc) is 1.85. The highest BCUT2D eigenvalue weighted by molar-refractivity contribution is 5.85. The van der Waals surface area contributed by atoms with Gasteiger partial charge >= 0.3 is 0 Å². The Bertz CT molecular complexity index is 129. The summed E-state index contributed by atoms with van der Waals surface area (Å²) in [5.74, 6) is 0.112. The summed E-state index contributed by atoms with van der Waals surface area (Å²) in [6, 6.07) is 0. The molecule has 0 radical (unpaired) electrons. The molecule has 10 heavy (non-hydrogen) atoms. The molecule has 0 fully saturated rings. The van der Waals surface area contributed by atoms with Gasteiger partial charge in [0.1, 0.15) is 0 Å². The number of carbonyl (C=O) groups is 1. The summed E-state index contributed by atoms with van der Waals surface area (Å²) in [7, 11) is 0. The van der Waals surface area contributed by atoms with Gasteiger partial charge in [-0.1, -0.05) is 26.3 Å². The second kappa shape index (κ2) is 5.03. The van der Waals surface area contributed by atoms with Gasteiger partial charge in [-0.3, -0.25) is 4.79 Å². The molecule has 0 aliphatic heterocycles. The number of primary amides is 1. The Kier molecular flexibility index (Phi) is 4.63. The molecule has 1 amide bonds. The summed E-state index contributed by atoms with van der Waals surface area (Å²) in [5, 5.41) is 0. The van der Waals surface area contributed by atoms with Crippen LogP contribution in [-0.4, -0.2) is 5.91 Å².